The van der Waals surface area contributed by atoms with E-state index in [0.717, 1.165) is 5.56 Å². The van der Waals surface area contributed by atoms with Crippen molar-refractivity contribution in [2.24, 2.45) is 0 Å². The van der Waals surface area contributed by atoms with E-state index in [-0.39, 0.29) is 26.6 Å². The number of fused-ring (bicyclic) bond motifs is 3. The molecule has 9 nitrogen and oxygen atoms in total. The first-order valence-electron chi connectivity index (χ1n) is 10.7. The standard InChI is InChI=1S/C25H22O9/c1-4-30-21(26)11-31-24-15-9-19(29-3)18(28-2)8-14(15)22(23-16(24)10-32-25(23)27)13-5-6-17-20(7-13)34-12-33-17/h5-9H,4,10-12H2,1-3H3. The van der Waals surface area contributed by atoms with Crippen LogP contribution in [0.2, 0.25) is 0 Å². The SMILES string of the molecule is CCOC(=O)COc1c2c(c(-c3ccc4c(c3)OCO4)c3cc(OC)c(OC)cc13)C(=O)OC2. The second-order valence-corrected chi connectivity index (χ2v) is 7.55. The summed E-state index contributed by atoms with van der Waals surface area (Å²) in [5.41, 5.74) is 2.27. The molecule has 0 amide bonds. The second kappa shape index (κ2) is 8.66. The molecule has 0 aromatic heterocycles. The highest BCUT2D eigenvalue weighted by Crippen LogP contribution is 2.49. The van der Waals surface area contributed by atoms with Crippen LogP contribution < -0.4 is 23.7 Å². The maximum atomic E-state index is 12.9. The Morgan fingerprint density at radius 1 is 0.941 bits per heavy atom. The predicted octanol–water partition coefficient (Wildman–Crippen LogP) is 3.87. The quantitative estimate of drug-likeness (QED) is 0.481. The number of carbonyl (C=O) groups excluding carboxylic acids is 2. The third kappa shape index (κ3) is 3.49. The van der Waals surface area contributed by atoms with Crippen LogP contribution in [0.1, 0.15) is 22.8 Å². The van der Waals surface area contributed by atoms with Crippen LogP contribution >= 0.6 is 0 Å². The molecule has 2 heterocycles. The summed E-state index contributed by atoms with van der Waals surface area (Å²) in [6.45, 7) is 1.77. The van der Waals surface area contributed by atoms with Gasteiger partial charge in [0.1, 0.15) is 12.4 Å². The topological polar surface area (TPSA) is 98.8 Å². The van der Waals surface area contributed by atoms with Crippen LogP contribution in [0.25, 0.3) is 21.9 Å². The second-order valence-electron chi connectivity index (χ2n) is 7.55. The van der Waals surface area contributed by atoms with Gasteiger partial charge < -0.3 is 33.2 Å². The molecule has 0 atom stereocenters. The molecule has 0 N–H and O–H groups in total. The molecule has 34 heavy (non-hydrogen) atoms. The highest BCUT2D eigenvalue weighted by atomic mass is 16.7. The Morgan fingerprint density at radius 2 is 1.68 bits per heavy atom. The van der Waals surface area contributed by atoms with Gasteiger partial charge in [0.2, 0.25) is 6.79 Å². The molecule has 0 unspecified atom stereocenters. The van der Waals surface area contributed by atoms with E-state index in [4.69, 9.17) is 33.2 Å². The van der Waals surface area contributed by atoms with Crippen LogP contribution in [0.15, 0.2) is 30.3 Å². The van der Waals surface area contributed by atoms with Gasteiger partial charge in [-0.05, 0) is 42.1 Å². The minimum Gasteiger partial charge on any atom is -0.493 e. The van der Waals surface area contributed by atoms with Crippen molar-refractivity contribution >= 4 is 22.7 Å². The number of esters is 2. The number of ether oxygens (including phenoxy) is 7. The van der Waals surface area contributed by atoms with Gasteiger partial charge in [-0.1, -0.05) is 6.07 Å². The molecule has 0 saturated heterocycles. The Bertz CT molecular complexity index is 1310. The molecule has 0 aliphatic carbocycles. The Labute approximate surface area is 195 Å². The molecule has 0 spiro atoms. The van der Waals surface area contributed by atoms with Crippen LogP contribution in [-0.4, -0.2) is 46.2 Å². The van der Waals surface area contributed by atoms with Gasteiger partial charge >= 0.3 is 11.9 Å². The number of hydrogen-bond acceptors (Lipinski definition) is 9. The summed E-state index contributed by atoms with van der Waals surface area (Å²) >= 11 is 0. The normalized spacial score (nSPS) is 13.4. The molecular formula is C25H22O9. The molecular weight excluding hydrogens is 444 g/mol. The fourth-order valence-corrected chi connectivity index (χ4v) is 4.26. The molecule has 0 radical (unpaired) electrons. The molecule has 2 aliphatic heterocycles. The van der Waals surface area contributed by atoms with Gasteiger partial charge in [0.05, 0.1) is 26.4 Å². The van der Waals surface area contributed by atoms with Crippen LogP contribution in [0.3, 0.4) is 0 Å². The van der Waals surface area contributed by atoms with E-state index in [1.807, 2.05) is 12.1 Å². The van der Waals surface area contributed by atoms with Crippen molar-refractivity contribution in [2.75, 3.05) is 34.2 Å². The first kappa shape index (κ1) is 21.7. The summed E-state index contributed by atoms with van der Waals surface area (Å²) in [7, 11) is 3.06. The van der Waals surface area contributed by atoms with Gasteiger partial charge in [0.25, 0.3) is 0 Å². The number of cyclic esters (lactones) is 1. The largest absolute Gasteiger partial charge is 0.493 e. The fraction of sp³-hybridized carbons (Fsp3) is 0.280. The Balaban J connectivity index is 1.79. The summed E-state index contributed by atoms with van der Waals surface area (Å²) in [6.07, 6.45) is 0. The van der Waals surface area contributed by atoms with Crippen molar-refractivity contribution in [3.63, 3.8) is 0 Å². The molecule has 3 aromatic rings. The van der Waals surface area contributed by atoms with Crippen molar-refractivity contribution < 1.29 is 42.7 Å². The van der Waals surface area contributed by atoms with Crippen LogP contribution in [0, 0.1) is 0 Å². The van der Waals surface area contributed by atoms with Crippen molar-refractivity contribution in [3.05, 3.63) is 41.5 Å². The Hall–Kier alpha value is -4.14. The average molecular weight is 466 g/mol. The Kier molecular flexibility index (Phi) is 5.53. The maximum Gasteiger partial charge on any atom is 0.344 e. The van der Waals surface area contributed by atoms with E-state index in [2.05, 4.69) is 0 Å². The molecule has 0 saturated carbocycles. The van der Waals surface area contributed by atoms with Crippen molar-refractivity contribution in [2.45, 2.75) is 13.5 Å². The van der Waals surface area contributed by atoms with E-state index >= 15 is 0 Å². The number of rotatable bonds is 7. The van der Waals surface area contributed by atoms with Crippen molar-refractivity contribution in [1.29, 1.82) is 0 Å². The molecule has 9 heteroatoms. The Morgan fingerprint density at radius 3 is 2.41 bits per heavy atom. The third-order valence-electron chi connectivity index (χ3n) is 5.72. The maximum absolute atomic E-state index is 12.9. The summed E-state index contributed by atoms with van der Waals surface area (Å²) in [5.74, 6) is 1.50. The fourth-order valence-electron chi connectivity index (χ4n) is 4.26. The lowest BCUT2D eigenvalue weighted by atomic mass is 9.89. The van der Waals surface area contributed by atoms with E-state index in [1.54, 1.807) is 25.1 Å². The monoisotopic (exact) mass is 466 g/mol. The molecule has 0 bridgehead atoms. The zero-order valence-corrected chi connectivity index (χ0v) is 18.9. The number of hydrogen-bond donors (Lipinski definition) is 0. The van der Waals surface area contributed by atoms with Gasteiger partial charge in [-0.25, -0.2) is 9.59 Å². The average Bonchev–Trinajstić information content (AvgIpc) is 3.47. The third-order valence-corrected chi connectivity index (χ3v) is 5.72. The van der Waals surface area contributed by atoms with Gasteiger partial charge in [-0.2, -0.15) is 0 Å². The zero-order chi connectivity index (χ0) is 23.8. The number of benzene rings is 3. The molecule has 176 valence electrons. The zero-order valence-electron chi connectivity index (χ0n) is 18.9. The first-order valence-corrected chi connectivity index (χ1v) is 10.7. The van der Waals surface area contributed by atoms with Crippen LogP contribution in [0.4, 0.5) is 0 Å². The summed E-state index contributed by atoms with van der Waals surface area (Å²) in [4.78, 5) is 24.9. The van der Waals surface area contributed by atoms with E-state index in [0.29, 0.717) is 56.2 Å². The van der Waals surface area contributed by atoms with E-state index in [1.165, 1.54) is 14.2 Å². The van der Waals surface area contributed by atoms with E-state index < -0.39 is 11.9 Å². The molecule has 5 rings (SSSR count). The summed E-state index contributed by atoms with van der Waals surface area (Å²) in [6, 6.07) is 9.00. The van der Waals surface area contributed by atoms with Crippen LogP contribution in [-0.2, 0) is 20.9 Å². The smallest absolute Gasteiger partial charge is 0.344 e. The first-order chi connectivity index (χ1) is 16.5. The highest BCUT2D eigenvalue weighted by Gasteiger charge is 2.33. The van der Waals surface area contributed by atoms with Crippen LogP contribution in [0.5, 0.6) is 28.7 Å². The molecule has 2 aliphatic rings. The van der Waals surface area contributed by atoms with Gasteiger partial charge in [-0.15, -0.1) is 0 Å². The lowest BCUT2D eigenvalue weighted by molar-refractivity contribution is -0.145. The highest BCUT2D eigenvalue weighted by molar-refractivity contribution is 6.14. The molecule has 3 aromatic carbocycles. The predicted molar refractivity (Wildman–Crippen MR) is 120 cm³/mol. The lowest BCUT2D eigenvalue weighted by Gasteiger charge is -2.19. The number of carbonyl (C=O) groups is 2. The van der Waals surface area contributed by atoms with Gasteiger partial charge in [-0.3, -0.25) is 0 Å². The minimum atomic E-state index is -0.519. The lowest BCUT2D eigenvalue weighted by Crippen LogP contribution is -2.15. The van der Waals surface area contributed by atoms with Crippen molar-refractivity contribution in [1.82, 2.24) is 0 Å². The summed E-state index contributed by atoms with van der Waals surface area (Å²) in [5, 5.41) is 1.29. The van der Waals surface area contributed by atoms with Crippen molar-refractivity contribution in [3.8, 4) is 39.9 Å². The minimum absolute atomic E-state index is 0.00810. The van der Waals surface area contributed by atoms with Gasteiger partial charge in [0, 0.05) is 16.5 Å². The van der Waals surface area contributed by atoms with E-state index in [9.17, 15) is 9.59 Å². The summed E-state index contributed by atoms with van der Waals surface area (Å²) < 4.78 is 38.3. The molecule has 0 fully saturated rings. The van der Waals surface area contributed by atoms with Gasteiger partial charge in [0.15, 0.2) is 29.6 Å². The number of methoxy groups -OCH3 is 2.